The highest BCUT2D eigenvalue weighted by atomic mass is 79.9. The fourth-order valence-electron chi connectivity index (χ4n) is 1.14. The lowest BCUT2D eigenvalue weighted by atomic mass is 10.1. The van der Waals surface area contributed by atoms with Crippen LogP contribution in [-0.2, 0) is 6.42 Å². The summed E-state index contributed by atoms with van der Waals surface area (Å²) in [6.45, 7) is 1.93. The van der Waals surface area contributed by atoms with E-state index in [2.05, 4.69) is 15.9 Å². The molecule has 0 atom stereocenters. The molecule has 0 aliphatic rings. The molecular weight excluding hydrogens is 234 g/mol. The molecule has 1 aromatic rings. The molecule has 0 saturated heterocycles. The lowest BCUT2D eigenvalue weighted by Crippen LogP contribution is -2.05. The number of carbonyl (C=O) groups is 1. The van der Waals surface area contributed by atoms with Crippen LogP contribution in [0.3, 0.4) is 0 Å². The van der Waals surface area contributed by atoms with Crippen LogP contribution in [0.2, 0.25) is 0 Å². The van der Waals surface area contributed by atoms with E-state index >= 15 is 0 Å². The highest BCUT2D eigenvalue weighted by Gasteiger charge is 2.11. The second-order valence-corrected chi connectivity index (χ2v) is 3.60. The number of rotatable bonds is 2. The van der Waals surface area contributed by atoms with Gasteiger partial charge in [-0.2, -0.15) is 0 Å². The van der Waals surface area contributed by atoms with Crippen LogP contribution in [0.4, 0.5) is 5.69 Å². The van der Waals surface area contributed by atoms with E-state index in [9.17, 15) is 4.79 Å². The first-order valence-corrected chi connectivity index (χ1v) is 4.66. The molecule has 0 aromatic heterocycles. The largest absolute Gasteiger partial charge is 0.478 e. The molecule has 13 heavy (non-hydrogen) atoms. The monoisotopic (exact) mass is 243 g/mol. The number of hydrogen-bond donors (Lipinski definition) is 2. The molecule has 0 radical (unpaired) electrons. The van der Waals surface area contributed by atoms with Crippen LogP contribution in [0, 0.1) is 0 Å². The highest BCUT2D eigenvalue weighted by Crippen LogP contribution is 2.24. The first-order chi connectivity index (χ1) is 6.06. The van der Waals surface area contributed by atoms with Crippen molar-refractivity contribution in [2.45, 2.75) is 13.3 Å². The number of aromatic carboxylic acids is 1. The Kier molecular flexibility index (Phi) is 2.93. The van der Waals surface area contributed by atoms with Gasteiger partial charge in [0.05, 0.1) is 5.56 Å². The molecule has 0 fully saturated rings. The maximum absolute atomic E-state index is 10.7. The molecule has 0 saturated carbocycles. The van der Waals surface area contributed by atoms with Gasteiger partial charge in [0, 0.05) is 10.2 Å². The molecule has 0 heterocycles. The van der Waals surface area contributed by atoms with Crippen molar-refractivity contribution < 1.29 is 9.90 Å². The molecule has 0 bridgehead atoms. The van der Waals surface area contributed by atoms with E-state index in [0.29, 0.717) is 5.69 Å². The van der Waals surface area contributed by atoms with Crippen molar-refractivity contribution in [2.75, 3.05) is 5.73 Å². The zero-order valence-electron chi connectivity index (χ0n) is 7.17. The van der Waals surface area contributed by atoms with Gasteiger partial charge < -0.3 is 10.8 Å². The minimum atomic E-state index is -0.992. The standard InChI is InChI=1S/C9H10BrNO2/c1-2-5-3-6(10)4-7(8(5)11)9(12)13/h3-4H,2,11H2,1H3,(H,12,13). The van der Waals surface area contributed by atoms with E-state index in [1.807, 2.05) is 13.0 Å². The molecule has 0 aliphatic heterocycles. The van der Waals surface area contributed by atoms with Gasteiger partial charge in [-0.05, 0) is 24.1 Å². The summed E-state index contributed by atoms with van der Waals surface area (Å²) in [7, 11) is 0. The molecule has 4 heteroatoms. The first-order valence-electron chi connectivity index (χ1n) is 3.87. The van der Waals surface area contributed by atoms with Crippen molar-refractivity contribution in [3.63, 3.8) is 0 Å². The van der Waals surface area contributed by atoms with Crippen LogP contribution >= 0.6 is 15.9 Å². The molecule has 0 aliphatic carbocycles. The molecule has 3 nitrogen and oxygen atoms in total. The Labute approximate surface area is 84.7 Å². The van der Waals surface area contributed by atoms with E-state index in [-0.39, 0.29) is 5.56 Å². The highest BCUT2D eigenvalue weighted by molar-refractivity contribution is 9.10. The summed E-state index contributed by atoms with van der Waals surface area (Å²) in [5.41, 5.74) is 7.03. The van der Waals surface area contributed by atoms with Gasteiger partial charge in [0.2, 0.25) is 0 Å². The minimum absolute atomic E-state index is 0.159. The Bertz CT molecular complexity index is 350. The van der Waals surface area contributed by atoms with Crippen molar-refractivity contribution in [3.05, 3.63) is 27.7 Å². The molecule has 70 valence electrons. The molecule has 0 spiro atoms. The van der Waals surface area contributed by atoms with Gasteiger partial charge in [-0.25, -0.2) is 4.79 Å². The number of anilines is 1. The third-order valence-electron chi connectivity index (χ3n) is 1.84. The summed E-state index contributed by atoms with van der Waals surface area (Å²) in [5, 5.41) is 8.81. The summed E-state index contributed by atoms with van der Waals surface area (Å²) in [6, 6.07) is 3.35. The Balaban J connectivity index is 3.35. The minimum Gasteiger partial charge on any atom is -0.478 e. The quantitative estimate of drug-likeness (QED) is 0.784. The topological polar surface area (TPSA) is 63.3 Å². The lowest BCUT2D eigenvalue weighted by Gasteiger charge is -2.07. The van der Waals surface area contributed by atoms with Crippen LogP contribution in [-0.4, -0.2) is 11.1 Å². The average Bonchev–Trinajstić information content (AvgIpc) is 2.08. The van der Waals surface area contributed by atoms with Gasteiger partial charge in [-0.15, -0.1) is 0 Å². The lowest BCUT2D eigenvalue weighted by molar-refractivity contribution is 0.0698. The number of carboxylic acid groups (broad SMARTS) is 1. The van der Waals surface area contributed by atoms with E-state index < -0.39 is 5.97 Å². The fourth-order valence-corrected chi connectivity index (χ4v) is 1.65. The summed E-state index contributed by atoms with van der Waals surface area (Å²) in [5.74, 6) is -0.992. The van der Waals surface area contributed by atoms with Crippen LogP contribution in [0.1, 0.15) is 22.8 Å². The third kappa shape index (κ3) is 2.01. The van der Waals surface area contributed by atoms with E-state index in [0.717, 1.165) is 16.5 Å². The third-order valence-corrected chi connectivity index (χ3v) is 2.30. The summed E-state index contributed by atoms with van der Waals surface area (Å²) < 4.78 is 0.746. The fraction of sp³-hybridized carbons (Fsp3) is 0.222. The average molecular weight is 244 g/mol. The van der Waals surface area contributed by atoms with Gasteiger partial charge in [0.15, 0.2) is 0 Å². The number of hydrogen-bond acceptors (Lipinski definition) is 2. The van der Waals surface area contributed by atoms with Crippen LogP contribution in [0.25, 0.3) is 0 Å². The maximum atomic E-state index is 10.7. The molecular formula is C9H10BrNO2. The van der Waals surface area contributed by atoms with Crippen LogP contribution < -0.4 is 5.73 Å². The van der Waals surface area contributed by atoms with E-state index in [4.69, 9.17) is 10.8 Å². The Morgan fingerprint density at radius 1 is 1.62 bits per heavy atom. The van der Waals surface area contributed by atoms with Gasteiger partial charge in [0.25, 0.3) is 0 Å². The molecule has 1 rings (SSSR count). The second kappa shape index (κ2) is 3.79. The summed E-state index contributed by atoms with van der Waals surface area (Å²) >= 11 is 3.24. The zero-order chi connectivity index (χ0) is 10.0. The molecule has 0 amide bonds. The van der Waals surface area contributed by atoms with Crippen LogP contribution in [0.5, 0.6) is 0 Å². The zero-order valence-corrected chi connectivity index (χ0v) is 8.76. The van der Waals surface area contributed by atoms with Crippen molar-refractivity contribution in [1.82, 2.24) is 0 Å². The molecule has 0 unspecified atom stereocenters. The van der Waals surface area contributed by atoms with Crippen molar-refractivity contribution in [3.8, 4) is 0 Å². The van der Waals surface area contributed by atoms with E-state index in [1.165, 1.54) is 6.07 Å². The number of nitrogen functional groups attached to an aromatic ring is 1. The van der Waals surface area contributed by atoms with Crippen LogP contribution in [0.15, 0.2) is 16.6 Å². The van der Waals surface area contributed by atoms with Crippen molar-refractivity contribution in [2.24, 2.45) is 0 Å². The predicted molar refractivity (Wildman–Crippen MR) is 54.9 cm³/mol. The number of halogens is 1. The number of aryl methyl sites for hydroxylation is 1. The summed E-state index contributed by atoms with van der Waals surface area (Å²) in [6.07, 6.45) is 0.728. The second-order valence-electron chi connectivity index (χ2n) is 2.68. The van der Waals surface area contributed by atoms with Crippen molar-refractivity contribution in [1.29, 1.82) is 0 Å². The van der Waals surface area contributed by atoms with E-state index in [1.54, 1.807) is 0 Å². The SMILES string of the molecule is CCc1cc(Br)cc(C(=O)O)c1N. The van der Waals surface area contributed by atoms with Gasteiger partial charge in [-0.1, -0.05) is 22.9 Å². The van der Waals surface area contributed by atoms with Gasteiger partial charge in [0.1, 0.15) is 0 Å². The Morgan fingerprint density at radius 2 is 2.23 bits per heavy atom. The number of carboxylic acids is 1. The summed E-state index contributed by atoms with van der Waals surface area (Å²) in [4.78, 5) is 10.7. The van der Waals surface area contributed by atoms with Crippen molar-refractivity contribution >= 4 is 27.6 Å². The Morgan fingerprint density at radius 3 is 2.69 bits per heavy atom. The number of nitrogens with two attached hydrogens (primary N) is 1. The predicted octanol–water partition coefficient (Wildman–Crippen LogP) is 2.29. The van der Waals surface area contributed by atoms with Gasteiger partial charge >= 0.3 is 5.97 Å². The number of benzene rings is 1. The smallest absolute Gasteiger partial charge is 0.337 e. The molecule has 3 N–H and O–H groups in total. The first kappa shape index (κ1) is 10.1. The normalized spacial score (nSPS) is 10.0. The maximum Gasteiger partial charge on any atom is 0.337 e. The Hall–Kier alpha value is -1.03. The van der Waals surface area contributed by atoms with Gasteiger partial charge in [-0.3, -0.25) is 0 Å². The molecule has 1 aromatic carbocycles.